The van der Waals surface area contributed by atoms with Crippen LogP contribution < -0.4 is 14.8 Å². The van der Waals surface area contributed by atoms with Crippen LogP contribution in [0.4, 0.5) is 5.69 Å². The first-order valence-electron chi connectivity index (χ1n) is 6.19. The third-order valence-electron chi connectivity index (χ3n) is 3.09. The van der Waals surface area contributed by atoms with Crippen LogP contribution in [0, 0.1) is 11.3 Å². The van der Waals surface area contributed by atoms with E-state index >= 15 is 0 Å². The standard InChI is InChI=1S/C15H10BrClN2O2/c16-10-3-1-2-4-12(10)19-13(7-18)9-5-11(17)15-14(6-9)20-8-21-15/h1-6,13,19H,8H2. The molecule has 1 aliphatic heterocycles. The number of benzene rings is 2. The van der Waals surface area contributed by atoms with Gasteiger partial charge in [0.25, 0.3) is 0 Å². The number of fused-ring (bicyclic) bond motifs is 1. The van der Waals surface area contributed by atoms with E-state index in [0.717, 1.165) is 15.7 Å². The Labute approximate surface area is 135 Å². The van der Waals surface area contributed by atoms with E-state index in [-0.39, 0.29) is 6.79 Å². The third kappa shape index (κ3) is 2.78. The molecular weight excluding hydrogens is 356 g/mol. The molecule has 1 N–H and O–H groups in total. The first-order valence-corrected chi connectivity index (χ1v) is 7.36. The van der Waals surface area contributed by atoms with Crippen LogP contribution in [0.2, 0.25) is 5.02 Å². The Hall–Kier alpha value is -1.90. The highest BCUT2D eigenvalue weighted by atomic mass is 79.9. The molecule has 1 heterocycles. The number of ether oxygens (including phenoxy) is 2. The fourth-order valence-electron chi connectivity index (χ4n) is 2.08. The largest absolute Gasteiger partial charge is 0.454 e. The fourth-order valence-corrected chi connectivity index (χ4v) is 2.75. The number of hydrogen-bond acceptors (Lipinski definition) is 4. The summed E-state index contributed by atoms with van der Waals surface area (Å²) in [6, 6.07) is 12.8. The minimum absolute atomic E-state index is 0.146. The van der Waals surface area contributed by atoms with E-state index in [0.29, 0.717) is 16.5 Å². The molecule has 3 rings (SSSR count). The van der Waals surface area contributed by atoms with Crippen LogP contribution in [0.25, 0.3) is 0 Å². The molecule has 6 heteroatoms. The highest BCUT2D eigenvalue weighted by Crippen LogP contribution is 2.41. The molecule has 0 aliphatic carbocycles. The maximum Gasteiger partial charge on any atom is 0.231 e. The summed E-state index contributed by atoms with van der Waals surface area (Å²) in [7, 11) is 0. The summed E-state index contributed by atoms with van der Waals surface area (Å²) in [5.41, 5.74) is 1.56. The lowest BCUT2D eigenvalue weighted by Gasteiger charge is -2.15. The average Bonchev–Trinajstić information content (AvgIpc) is 2.95. The van der Waals surface area contributed by atoms with Crippen LogP contribution in [-0.2, 0) is 0 Å². The normalized spacial score (nSPS) is 13.6. The number of hydrogen-bond donors (Lipinski definition) is 1. The van der Waals surface area contributed by atoms with E-state index in [9.17, 15) is 5.26 Å². The topological polar surface area (TPSA) is 54.3 Å². The van der Waals surface area contributed by atoms with Crippen molar-refractivity contribution < 1.29 is 9.47 Å². The second-order valence-electron chi connectivity index (χ2n) is 4.42. The quantitative estimate of drug-likeness (QED) is 0.869. The van der Waals surface area contributed by atoms with Crippen LogP contribution in [0.5, 0.6) is 11.5 Å². The Morgan fingerprint density at radius 3 is 2.86 bits per heavy atom. The summed E-state index contributed by atoms with van der Waals surface area (Å²) in [5.74, 6) is 1.09. The second-order valence-corrected chi connectivity index (χ2v) is 5.68. The average molecular weight is 366 g/mol. The predicted octanol–water partition coefficient (Wildman–Crippen LogP) is 4.51. The van der Waals surface area contributed by atoms with E-state index in [1.807, 2.05) is 24.3 Å². The highest BCUT2D eigenvalue weighted by Gasteiger charge is 2.22. The van der Waals surface area contributed by atoms with Crippen molar-refractivity contribution in [3.8, 4) is 17.6 Å². The molecule has 0 radical (unpaired) electrons. The zero-order valence-electron chi connectivity index (χ0n) is 10.8. The van der Waals surface area contributed by atoms with E-state index in [4.69, 9.17) is 21.1 Å². The van der Waals surface area contributed by atoms with Gasteiger partial charge in [0.1, 0.15) is 6.04 Å². The van der Waals surface area contributed by atoms with E-state index < -0.39 is 6.04 Å². The number of anilines is 1. The lowest BCUT2D eigenvalue weighted by atomic mass is 10.1. The molecule has 1 aliphatic rings. The molecular formula is C15H10BrClN2O2. The number of para-hydroxylation sites is 1. The van der Waals surface area contributed by atoms with E-state index in [2.05, 4.69) is 27.3 Å². The molecule has 0 amide bonds. The van der Waals surface area contributed by atoms with Crippen molar-refractivity contribution in [1.29, 1.82) is 5.26 Å². The van der Waals surface area contributed by atoms with Gasteiger partial charge in [-0.2, -0.15) is 5.26 Å². The molecule has 106 valence electrons. The van der Waals surface area contributed by atoms with E-state index in [1.165, 1.54) is 0 Å². The zero-order valence-corrected chi connectivity index (χ0v) is 13.1. The van der Waals surface area contributed by atoms with Gasteiger partial charge in [0.2, 0.25) is 6.79 Å². The monoisotopic (exact) mass is 364 g/mol. The van der Waals surface area contributed by atoms with Crippen molar-refractivity contribution in [2.75, 3.05) is 12.1 Å². The number of nitriles is 1. The SMILES string of the molecule is N#CC(Nc1ccccc1Br)c1cc(Cl)c2c(c1)OCO2. The summed E-state index contributed by atoms with van der Waals surface area (Å²) >= 11 is 9.61. The van der Waals surface area contributed by atoms with Crippen LogP contribution >= 0.6 is 27.5 Å². The number of rotatable bonds is 3. The van der Waals surface area contributed by atoms with Gasteiger partial charge in [-0.3, -0.25) is 0 Å². The Morgan fingerprint density at radius 2 is 2.10 bits per heavy atom. The Morgan fingerprint density at radius 1 is 1.29 bits per heavy atom. The van der Waals surface area contributed by atoms with Crippen LogP contribution in [0.15, 0.2) is 40.9 Å². The number of nitrogens with one attached hydrogen (secondary N) is 1. The summed E-state index contributed by atoms with van der Waals surface area (Å²) in [6.07, 6.45) is 0. The molecule has 2 aromatic carbocycles. The van der Waals surface area contributed by atoms with Gasteiger partial charge in [0, 0.05) is 10.2 Å². The maximum absolute atomic E-state index is 9.43. The molecule has 0 fully saturated rings. The van der Waals surface area contributed by atoms with Crippen molar-refractivity contribution in [3.05, 3.63) is 51.5 Å². The van der Waals surface area contributed by atoms with Gasteiger partial charge < -0.3 is 14.8 Å². The molecule has 0 bridgehead atoms. The number of halogens is 2. The van der Waals surface area contributed by atoms with Gasteiger partial charge in [0.05, 0.1) is 11.1 Å². The molecule has 4 nitrogen and oxygen atoms in total. The van der Waals surface area contributed by atoms with Gasteiger partial charge in [-0.1, -0.05) is 23.7 Å². The fraction of sp³-hybridized carbons (Fsp3) is 0.133. The van der Waals surface area contributed by atoms with Crippen molar-refractivity contribution in [2.45, 2.75) is 6.04 Å². The minimum Gasteiger partial charge on any atom is -0.454 e. The first kappa shape index (κ1) is 14.1. The third-order valence-corrected chi connectivity index (χ3v) is 4.06. The van der Waals surface area contributed by atoms with Crippen molar-refractivity contribution >= 4 is 33.2 Å². The lowest BCUT2D eigenvalue weighted by molar-refractivity contribution is 0.174. The molecule has 2 aromatic rings. The molecule has 1 unspecified atom stereocenters. The van der Waals surface area contributed by atoms with Crippen molar-refractivity contribution in [1.82, 2.24) is 0 Å². The summed E-state index contributed by atoms with van der Waals surface area (Å²) < 4.78 is 11.5. The Bertz CT molecular complexity index is 730. The van der Waals surface area contributed by atoms with Crippen LogP contribution in [0.1, 0.15) is 11.6 Å². The molecule has 0 saturated heterocycles. The molecule has 0 spiro atoms. The summed E-state index contributed by atoms with van der Waals surface area (Å²) in [4.78, 5) is 0. The second kappa shape index (κ2) is 5.84. The number of nitrogens with zero attached hydrogens (tertiary/aromatic N) is 1. The van der Waals surface area contributed by atoms with Gasteiger partial charge in [-0.05, 0) is 45.8 Å². The van der Waals surface area contributed by atoms with Gasteiger partial charge >= 0.3 is 0 Å². The van der Waals surface area contributed by atoms with Gasteiger partial charge in [-0.25, -0.2) is 0 Å². The first-order chi connectivity index (χ1) is 10.2. The molecule has 0 saturated carbocycles. The molecule has 21 heavy (non-hydrogen) atoms. The summed E-state index contributed by atoms with van der Waals surface area (Å²) in [5, 5.41) is 13.0. The smallest absolute Gasteiger partial charge is 0.231 e. The van der Waals surface area contributed by atoms with Crippen LogP contribution in [-0.4, -0.2) is 6.79 Å². The molecule has 1 atom stereocenters. The zero-order chi connectivity index (χ0) is 14.8. The van der Waals surface area contributed by atoms with Crippen molar-refractivity contribution in [3.63, 3.8) is 0 Å². The summed E-state index contributed by atoms with van der Waals surface area (Å²) in [6.45, 7) is 0.146. The Balaban J connectivity index is 1.93. The minimum atomic E-state index is -0.546. The predicted molar refractivity (Wildman–Crippen MR) is 83.7 cm³/mol. The van der Waals surface area contributed by atoms with Gasteiger partial charge in [0.15, 0.2) is 11.5 Å². The lowest BCUT2D eigenvalue weighted by Crippen LogP contribution is -2.09. The van der Waals surface area contributed by atoms with E-state index in [1.54, 1.807) is 12.1 Å². The Kier molecular flexibility index (Phi) is 3.91. The van der Waals surface area contributed by atoms with Crippen molar-refractivity contribution in [2.24, 2.45) is 0 Å². The highest BCUT2D eigenvalue weighted by molar-refractivity contribution is 9.10. The van der Waals surface area contributed by atoms with Gasteiger partial charge in [-0.15, -0.1) is 0 Å². The maximum atomic E-state index is 9.43. The van der Waals surface area contributed by atoms with Crippen LogP contribution in [0.3, 0.4) is 0 Å². The molecule has 0 aromatic heterocycles.